The van der Waals surface area contributed by atoms with Gasteiger partial charge in [0, 0.05) is 38.3 Å². The quantitative estimate of drug-likeness (QED) is 0.686. The second kappa shape index (κ2) is 8.93. The van der Waals surface area contributed by atoms with Crippen LogP contribution in [-0.2, 0) is 19.6 Å². The fourth-order valence-corrected chi connectivity index (χ4v) is 5.47. The fourth-order valence-electron chi connectivity index (χ4n) is 3.53. The lowest BCUT2D eigenvalue weighted by atomic mass is 10.2. The first kappa shape index (κ1) is 22.3. The number of carbonyl (C=O) groups is 2. The molecule has 1 fully saturated rings. The lowest BCUT2D eigenvalue weighted by Crippen LogP contribution is -2.50. The Morgan fingerprint density at radius 3 is 2.53 bits per heavy atom. The van der Waals surface area contributed by atoms with Crippen LogP contribution >= 0.6 is 11.6 Å². The number of rotatable bonds is 4. The third-order valence-corrected chi connectivity index (χ3v) is 7.71. The Morgan fingerprint density at radius 1 is 1.16 bits per heavy atom. The highest BCUT2D eigenvalue weighted by molar-refractivity contribution is 7.89. The number of ether oxygens (including phenoxy) is 1. The lowest BCUT2D eigenvalue weighted by molar-refractivity contribution is -0.127. The van der Waals surface area contributed by atoms with Crippen LogP contribution in [0.5, 0.6) is 5.75 Å². The molecular formula is C22H22ClN3O5S. The number of nitrogens with one attached hydrogen (secondary N) is 1. The smallest absolute Gasteiger partial charge is 0.265 e. The molecule has 2 aliphatic rings. The minimum Gasteiger partial charge on any atom is -0.479 e. The van der Waals surface area contributed by atoms with Gasteiger partial charge in [-0.05, 0) is 24.6 Å². The number of sulfonamides is 1. The van der Waals surface area contributed by atoms with E-state index >= 15 is 0 Å². The van der Waals surface area contributed by atoms with Gasteiger partial charge in [-0.15, -0.1) is 0 Å². The van der Waals surface area contributed by atoms with Crippen LogP contribution in [0.2, 0.25) is 5.02 Å². The van der Waals surface area contributed by atoms with Gasteiger partial charge in [0.25, 0.3) is 5.91 Å². The first-order valence-corrected chi connectivity index (χ1v) is 11.9. The van der Waals surface area contributed by atoms with E-state index in [1.54, 1.807) is 17.9 Å². The first-order valence-electron chi connectivity index (χ1n) is 10.1. The molecule has 1 N–H and O–H groups in total. The molecule has 0 aromatic heterocycles. The van der Waals surface area contributed by atoms with Crippen molar-refractivity contribution in [2.24, 2.45) is 0 Å². The Morgan fingerprint density at radius 2 is 1.84 bits per heavy atom. The van der Waals surface area contributed by atoms with Crippen molar-refractivity contribution >= 4 is 45.2 Å². The Hall–Kier alpha value is -2.88. The van der Waals surface area contributed by atoms with Crippen LogP contribution < -0.4 is 10.1 Å². The fraction of sp³-hybridized carbons (Fsp3) is 0.273. The van der Waals surface area contributed by atoms with Gasteiger partial charge < -0.3 is 15.0 Å². The average molecular weight is 476 g/mol. The van der Waals surface area contributed by atoms with Crippen molar-refractivity contribution in [1.29, 1.82) is 0 Å². The van der Waals surface area contributed by atoms with Gasteiger partial charge in [0.1, 0.15) is 10.6 Å². The molecular weight excluding hydrogens is 454 g/mol. The van der Waals surface area contributed by atoms with Gasteiger partial charge >= 0.3 is 0 Å². The highest BCUT2D eigenvalue weighted by Crippen LogP contribution is 2.38. The maximum atomic E-state index is 13.2. The summed E-state index contributed by atoms with van der Waals surface area (Å²) in [5.41, 5.74) is 1.24. The molecule has 2 aromatic carbocycles. The van der Waals surface area contributed by atoms with E-state index in [9.17, 15) is 18.0 Å². The van der Waals surface area contributed by atoms with E-state index in [0.29, 0.717) is 5.69 Å². The number of hydrogen-bond acceptors (Lipinski definition) is 5. The summed E-state index contributed by atoms with van der Waals surface area (Å²) in [6, 6.07) is 12.2. The molecule has 1 atom stereocenters. The van der Waals surface area contributed by atoms with Crippen molar-refractivity contribution in [3.8, 4) is 5.75 Å². The zero-order chi connectivity index (χ0) is 22.9. The number of benzene rings is 2. The Kier molecular flexibility index (Phi) is 6.23. The summed E-state index contributed by atoms with van der Waals surface area (Å²) in [5.74, 6) is -0.248. The van der Waals surface area contributed by atoms with Crippen molar-refractivity contribution in [3.05, 3.63) is 59.1 Å². The summed E-state index contributed by atoms with van der Waals surface area (Å²) in [6.07, 6.45) is 2.49. The van der Waals surface area contributed by atoms with Crippen LogP contribution in [0, 0.1) is 0 Å². The highest BCUT2D eigenvalue weighted by Gasteiger charge is 2.33. The normalized spacial score (nSPS) is 19.4. The van der Waals surface area contributed by atoms with E-state index in [1.807, 2.05) is 30.3 Å². The van der Waals surface area contributed by atoms with Crippen LogP contribution in [0.15, 0.2) is 53.4 Å². The van der Waals surface area contributed by atoms with Gasteiger partial charge in [-0.1, -0.05) is 41.9 Å². The number of halogens is 1. The van der Waals surface area contributed by atoms with Crippen molar-refractivity contribution in [2.45, 2.75) is 17.9 Å². The summed E-state index contributed by atoms with van der Waals surface area (Å²) >= 11 is 6.24. The van der Waals surface area contributed by atoms with Gasteiger partial charge in [0.05, 0.1) is 10.7 Å². The van der Waals surface area contributed by atoms with Gasteiger partial charge in [-0.3, -0.25) is 9.59 Å². The topological polar surface area (TPSA) is 96.0 Å². The molecule has 10 heteroatoms. The molecule has 0 saturated carbocycles. The number of amides is 2. The summed E-state index contributed by atoms with van der Waals surface area (Å²) in [7, 11) is -3.91. The molecule has 2 aromatic rings. The summed E-state index contributed by atoms with van der Waals surface area (Å²) in [4.78, 5) is 25.8. The minimum absolute atomic E-state index is 0.00787. The number of anilines is 1. The SMILES string of the molecule is C[C@@H]1Oc2cc(S(=O)(=O)N3CCN(C(=O)/C=C/c4ccccc4)CC3)c(Cl)cc2NC1=O. The van der Waals surface area contributed by atoms with E-state index in [4.69, 9.17) is 16.3 Å². The summed E-state index contributed by atoms with van der Waals surface area (Å²) < 4.78 is 33.2. The van der Waals surface area contributed by atoms with Gasteiger partial charge in [-0.25, -0.2) is 8.42 Å². The molecule has 32 heavy (non-hydrogen) atoms. The molecule has 2 amide bonds. The van der Waals surface area contributed by atoms with Crippen LogP contribution in [0.25, 0.3) is 6.08 Å². The number of fused-ring (bicyclic) bond motifs is 1. The maximum absolute atomic E-state index is 13.2. The van der Waals surface area contributed by atoms with E-state index in [0.717, 1.165) is 5.56 Å². The van der Waals surface area contributed by atoms with Crippen molar-refractivity contribution in [1.82, 2.24) is 9.21 Å². The number of nitrogens with zero attached hydrogens (tertiary/aromatic N) is 2. The lowest BCUT2D eigenvalue weighted by Gasteiger charge is -2.34. The molecule has 0 unspecified atom stereocenters. The minimum atomic E-state index is -3.91. The van der Waals surface area contributed by atoms with Crippen LogP contribution in [0.1, 0.15) is 12.5 Å². The third kappa shape index (κ3) is 4.50. The summed E-state index contributed by atoms with van der Waals surface area (Å²) in [5, 5.41) is 2.64. The number of hydrogen-bond donors (Lipinski definition) is 1. The highest BCUT2D eigenvalue weighted by atomic mass is 35.5. The van der Waals surface area contributed by atoms with Crippen LogP contribution in [0.4, 0.5) is 5.69 Å². The van der Waals surface area contributed by atoms with Crippen molar-refractivity contribution in [2.75, 3.05) is 31.5 Å². The molecule has 0 radical (unpaired) electrons. The second-order valence-corrected chi connectivity index (χ2v) is 9.82. The monoisotopic (exact) mass is 475 g/mol. The zero-order valence-electron chi connectivity index (χ0n) is 17.3. The molecule has 0 spiro atoms. The Bertz CT molecular complexity index is 1180. The largest absolute Gasteiger partial charge is 0.479 e. The zero-order valence-corrected chi connectivity index (χ0v) is 18.9. The average Bonchev–Trinajstić information content (AvgIpc) is 2.79. The molecule has 0 bridgehead atoms. The van der Waals surface area contributed by atoms with Gasteiger partial charge in [-0.2, -0.15) is 4.31 Å². The molecule has 8 nitrogen and oxygen atoms in total. The number of piperazine rings is 1. The third-order valence-electron chi connectivity index (χ3n) is 5.35. The molecule has 1 saturated heterocycles. The van der Waals surface area contributed by atoms with Gasteiger partial charge in [0.15, 0.2) is 6.10 Å². The van der Waals surface area contributed by atoms with Gasteiger partial charge in [0.2, 0.25) is 15.9 Å². The van der Waals surface area contributed by atoms with Crippen molar-refractivity contribution < 1.29 is 22.7 Å². The standard InChI is InChI=1S/C22H22ClN3O5S/c1-15-22(28)24-18-13-17(23)20(14-19(18)31-15)32(29,30)26-11-9-25(10-12-26)21(27)8-7-16-5-3-2-4-6-16/h2-8,13-15H,9-12H2,1H3,(H,24,28)/b8-7+/t15-/m0/s1. The van der Waals surface area contributed by atoms with Crippen LogP contribution in [0.3, 0.4) is 0 Å². The predicted molar refractivity (Wildman–Crippen MR) is 121 cm³/mol. The molecule has 4 rings (SSSR count). The van der Waals surface area contributed by atoms with E-state index in [2.05, 4.69) is 5.32 Å². The second-order valence-electron chi connectivity index (χ2n) is 7.50. The molecule has 0 aliphatic carbocycles. The Balaban J connectivity index is 1.45. The van der Waals surface area contributed by atoms with E-state index in [-0.39, 0.29) is 53.7 Å². The van der Waals surface area contributed by atoms with E-state index in [1.165, 1.54) is 22.5 Å². The molecule has 2 aliphatic heterocycles. The molecule has 2 heterocycles. The van der Waals surface area contributed by atoms with Crippen molar-refractivity contribution in [3.63, 3.8) is 0 Å². The predicted octanol–water partition coefficient (Wildman–Crippen LogP) is 2.61. The van der Waals surface area contributed by atoms with Crippen LogP contribution in [-0.4, -0.2) is 61.7 Å². The first-order chi connectivity index (χ1) is 15.3. The molecule has 168 valence electrons. The number of carbonyl (C=O) groups excluding carboxylic acids is 2. The van der Waals surface area contributed by atoms with E-state index < -0.39 is 16.1 Å². The Labute approximate surface area is 191 Å². The maximum Gasteiger partial charge on any atom is 0.265 e. The summed E-state index contributed by atoms with van der Waals surface area (Å²) in [6.45, 7) is 2.40.